The lowest BCUT2D eigenvalue weighted by molar-refractivity contribution is 0.0994. The Kier molecular flexibility index (Phi) is 6.90. The summed E-state index contributed by atoms with van der Waals surface area (Å²) in [4.78, 5) is 13.1. The number of ketones is 1. The van der Waals surface area contributed by atoms with Crippen LogP contribution in [0.2, 0.25) is 0 Å². The first kappa shape index (κ1) is 23.8. The van der Waals surface area contributed by atoms with Crippen LogP contribution >= 0.6 is 11.8 Å². The smallest absolute Gasteiger partial charge is 0.229 e. The van der Waals surface area contributed by atoms with E-state index in [1.165, 1.54) is 11.8 Å². The van der Waals surface area contributed by atoms with E-state index in [-0.39, 0.29) is 5.78 Å². The number of nitrogens with one attached hydrogen (secondary N) is 1. The van der Waals surface area contributed by atoms with Crippen LogP contribution < -0.4 is 4.72 Å². The van der Waals surface area contributed by atoms with Crippen LogP contribution in [0, 0.1) is 6.92 Å². The number of rotatable bonds is 9. The van der Waals surface area contributed by atoms with Crippen LogP contribution in [0.3, 0.4) is 0 Å². The number of benzene rings is 2. The molecule has 1 atom stereocenters. The fraction of sp³-hybridized carbons (Fsp3) is 0.208. The first-order valence-electron chi connectivity index (χ1n) is 10.5. The Hall–Kier alpha value is -3.37. The Morgan fingerprint density at radius 1 is 1.09 bits per heavy atom. The highest BCUT2D eigenvalue weighted by Crippen LogP contribution is 2.31. The van der Waals surface area contributed by atoms with Gasteiger partial charge in [0.05, 0.1) is 29.9 Å². The van der Waals surface area contributed by atoms with Crippen molar-refractivity contribution in [2.45, 2.75) is 30.8 Å². The predicted octanol–water partition coefficient (Wildman–Crippen LogP) is 4.63. The van der Waals surface area contributed by atoms with Gasteiger partial charge >= 0.3 is 0 Å². The van der Waals surface area contributed by atoms with Gasteiger partial charge in [-0.15, -0.1) is 10.2 Å². The van der Waals surface area contributed by atoms with Crippen molar-refractivity contribution in [2.75, 3.05) is 11.0 Å². The molecule has 1 N–H and O–H groups in total. The van der Waals surface area contributed by atoms with Gasteiger partial charge in [0, 0.05) is 11.3 Å². The Bertz CT molecular complexity index is 1390. The zero-order chi connectivity index (χ0) is 24.3. The molecule has 0 saturated carbocycles. The number of aryl methyl sites for hydroxylation is 1. The second kappa shape index (κ2) is 9.86. The summed E-state index contributed by atoms with van der Waals surface area (Å²) in [5.74, 6) is 1.32. The average Bonchev–Trinajstić information content (AvgIpc) is 3.39. The van der Waals surface area contributed by atoms with E-state index in [2.05, 4.69) is 14.9 Å². The molecular weight excluding hydrogens is 472 g/mol. The van der Waals surface area contributed by atoms with Crippen molar-refractivity contribution in [2.24, 2.45) is 0 Å². The van der Waals surface area contributed by atoms with Crippen LogP contribution in [-0.2, 0) is 16.6 Å². The summed E-state index contributed by atoms with van der Waals surface area (Å²) in [6, 6.07) is 18.2. The van der Waals surface area contributed by atoms with Crippen molar-refractivity contribution in [1.82, 2.24) is 14.8 Å². The molecule has 0 fully saturated rings. The summed E-state index contributed by atoms with van der Waals surface area (Å²) < 4.78 is 32.6. The first-order chi connectivity index (χ1) is 16.2. The Morgan fingerprint density at radius 3 is 2.41 bits per heavy atom. The predicted molar refractivity (Wildman–Crippen MR) is 133 cm³/mol. The summed E-state index contributed by atoms with van der Waals surface area (Å²) >= 11 is 1.33. The number of carbonyl (C=O) groups excluding carboxylic acids is 1. The van der Waals surface area contributed by atoms with Gasteiger partial charge in [-0.2, -0.15) is 0 Å². The van der Waals surface area contributed by atoms with Crippen LogP contribution in [0.25, 0.3) is 11.4 Å². The molecule has 0 saturated heterocycles. The maximum Gasteiger partial charge on any atom is 0.229 e. The third-order valence-corrected chi connectivity index (χ3v) is 6.81. The maximum atomic E-state index is 13.1. The van der Waals surface area contributed by atoms with Gasteiger partial charge in [0.2, 0.25) is 10.0 Å². The third kappa shape index (κ3) is 5.57. The van der Waals surface area contributed by atoms with E-state index >= 15 is 0 Å². The first-order valence-corrected chi connectivity index (χ1v) is 13.3. The van der Waals surface area contributed by atoms with E-state index in [9.17, 15) is 13.2 Å². The zero-order valence-electron chi connectivity index (χ0n) is 18.9. The quantitative estimate of drug-likeness (QED) is 0.266. The molecule has 0 spiro atoms. The molecule has 0 amide bonds. The number of hydrogen-bond donors (Lipinski definition) is 1. The number of hydrogen-bond acceptors (Lipinski definition) is 7. The largest absolute Gasteiger partial charge is 0.469 e. The molecule has 2 heterocycles. The van der Waals surface area contributed by atoms with E-state index in [4.69, 9.17) is 4.42 Å². The number of furan rings is 1. The molecule has 4 rings (SSSR count). The molecule has 8 nitrogen and oxygen atoms in total. The molecule has 10 heteroatoms. The van der Waals surface area contributed by atoms with Gasteiger partial charge in [-0.1, -0.05) is 42.1 Å². The lowest BCUT2D eigenvalue weighted by Crippen LogP contribution is -2.15. The second-order valence-electron chi connectivity index (χ2n) is 7.84. The minimum absolute atomic E-state index is 0.0915. The Labute approximate surface area is 202 Å². The molecule has 0 aliphatic heterocycles. The van der Waals surface area contributed by atoms with Gasteiger partial charge in [-0.3, -0.25) is 14.1 Å². The molecule has 4 aromatic rings. The Balaban J connectivity index is 1.58. The van der Waals surface area contributed by atoms with Crippen LogP contribution in [0.4, 0.5) is 5.69 Å². The molecule has 0 radical (unpaired) electrons. The third-order valence-electron chi connectivity index (χ3n) is 5.12. The number of sulfonamides is 1. The van der Waals surface area contributed by atoms with Gasteiger partial charge < -0.3 is 4.42 Å². The summed E-state index contributed by atoms with van der Waals surface area (Å²) in [6.07, 6.45) is 2.70. The number of anilines is 1. The van der Waals surface area contributed by atoms with E-state index < -0.39 is 15.3 Å². The molecule has 176 valence electrons. The minimum Gasteiger partial charge on any atom is -0.469 e. The molecule has 2 aromatic heterocycles. The lowest BCUT2D eigenvalue weighted by Gasteiger charge is -2.13. The molecule has 0 aliphatic rings. The maximum absolute atomic E-state index is 13.1. The average molecular weight is 497 g/mol. The summed E-state index contributed by atoms with van der Waals surface area (Å²) in [7, 11) is -3.38. The molecular formula is C24H24N4O4S2. The van der Waals surface area contributed by atoms with E-state index in [0.717, 1.165) is 23.1 Å². The highest BCUT2D eigenvalue weighted by molar-refractivity contribution is 8.00. The zero-order valence-corrected chi connectivity index (χ0v) is 20.6. The van der Waals surface area contributed by atoms with Crippen LogP contribution in [0.5, 0.6) is 0 Å². The molecule has 0 bridgehead atoms. The van der Waals surface area contributed by atoms with Crippen LogP contribution in [0.15, 0.2) is 76.5 Å². The van der Waals surface area contributed by atoms with Gasteiger partial charge in [0.15, 0.2) is 16.8 Å². The van der Waals surface area contributed by atoms with Crippen molar-refractivity contribution in [3.8, 4) is 11.4 Å². The molecule has 2 aromatic carbocycles. The number of nitrogens with zero attached hydrogens (tertiary/aromatic N) is 3. The fourth-order valence-corrected chi connectivity index (χ4v) is 4.95. The normalized spacial score (nSPS) is 12.4. The summed E-state index contributed by atoms with van der Waals surface area (Å²) in [5.41, 5.74) is 2.82. The standard InChI is InChI=1S/C24H24N4O4S2/c1-16-21(13-14-32-16)23-25-26-24(28(23)15-18-7-5-4-6-8-18)33-17(2)22(29)19-9-11-20(12-10-19)27-34(3,30)31/h4-14,17,27H,15H2,1-3H3. The van der Waals surface area contributed by atoms with Gasteiger partial charge in [0.1, 0.15) is 5.76 Å². The van der Waals surface area contributed by atoms with Gasteiger partial charge in [-0.25, -0.2) is 8.42 Å². The monoisotopic (exact) mass is 496 g/mol. The van der Waals surface area contributed by atoms with Crippen LogP contribution in [-0.4, -0.2) is 40.5 Å². The van der Waals surface area contributed by atoms with Crippen LogP contribution in [0.1, 0.15) is 28.6 Å². The topological polar surface area (TPSA) is 107 Å². The van der Waals surface area contributed by atoms with Crippen molar-refractivity contribution >= 4 is 33.3 Å². The van der Waals surface area contributed by atoms with E-state index in [1.807, 2.05) is 54.8 Å². The number of Topliss-reactive ketones (excluding diaryl/α,β-unsaturated/α-hetero) is 1. The highest BCUT2D eigenvalue weighted by atomic mass is 32.2. The van der Waals surface area contributed by atoms with E-state index in [1.54, 1.807) is 30.5 Å². The van der Waals surface area contributed by atoms with Crippen molar-refractivity contribution in [1.29, 1.82) is 0 Å². The fourth-order valence-electron chi connectivity index (χ4n) is 3.46. The van der Waals surface area contributed by atoms with Gasteiger partial charge in [0.25, 0.3) is 0 Å². The number of carbonyl (C=O) groups is 1. The SMILES string of the molecule is Cc1occc1-c1nnc(SC(C)C(=O)c2ccc(NS(C)(=O)=O)cc2)n1Cc1ccccc1. The molecule has 1 unspecified atom stereocenters. The van der Waals surface area contributed by atoms with Crippen molar-refractivity contribution in [3.05, 3.63) is 83.8 Å². The van der Waals surface area contributed by atoms with Crippen molar-refractivity contribution < 1.29 is 17.6 Å². The Morgan fingerprint density at radius 2 is 1.79 bits per heavy atom. The van der Waals surface area contributed by atoms with Crippen molar-refractivity contribution in [3.63, 3.8) is 0 Å². The second-order valence-corrected chi connectivity index (χ2v) is 10.9. The highest BCUT2D eigenvalue weighted by Gasteiger charge is 2.23. The number of thioether (sulfide) groups is 1. The number of aromatic nitrogens is 3. The summed E-state index contributed by atoms with van der Waals surface area (Å²) in [6.45, 7) is 4.24. The van der Waals surface area contributed by atoms with E-state index in [0.29, 0.717) is 28.8 Å². The lowest BCUT2D eigenvalue weighted by atomic mass is 10.1. The van der Waals surface area contributed by atoms with Gasteiger partial charge in [-0.05, 0) is 49.7 Å². The molecule has 34 heavy (non-hydrogen) atoms. The minimum atomic E-state index is -3.38. The summed E-state index contributed by atoms with van der Waals surface area (Å²) in [5, 5.41) is 8.97. The molecule has 0 aliphatic carbocycles.